The molecule has 34 heavy (non-hydrogen) atoms. The third kappa shape index (κ3) is 4.29. The zero-order valence-corrected chi connectivity index (χ0v) is 18.4. The lowest BCUT2D eigenvalue weighted by Gasteiger charge is -2.11. The van der Waals surface area contributed by atoms with Crippen LogP contribution < -0.4 is 10.6 Å². The molecule has 0 radical (unpaired) electrons. The van der Waals surface area contributed by atoms with Gasteiger partial charge in [0.05, 0.1) is 40.8 Å². The van der Waals surface area contributed by atoms with Crippen LogP contribution in [0.3, 0.4) is 0 Å². The summed E-state index contributed by atoms with van der Waals surface area (Å²) in [6.07, 6.45) is 7.14. The van der Waals surface area contributed by atoms with Crippen LogP contribution in [0.2, 0.25) is 0 Å². The monoisotopic (exact) mass is 456 g/mol. The summed E-state index contributed by atoms with van der Waals surface area (Å²) in [5.41, 5.74) is 5.05. The van der Waals surface area contributed by atoms with E-state index < -0.39 is 11.7 Å². The average molecular weight is 456 g/mol. The van der Waals surface area contributed by atoms with Crippen LogP contribution >= 0.6 is 0 Å². The number of imidazole rings is 1. The molecule has 170 valence electrons. The number of hydrogen-bond acceptors (Lipinski definition) is 5. The minimum atomic E-state index is -0.532. The number of aryl methyl sites for hydroxylation is 2. The van der Waals surface area contributed by atoms with Gasteiger partial charge in [0.25, 0.3) is 5.91 Å². The van der Waals surface area contributed by atoms with Crippen molar-refractivity contribution < 1.29 is 9.18 Å². The molecule has 9 nitrogen and oxygen atoms in total. The molecule has 1 amide bonds. The fourth-order valence-corrected chi connectivity index (χ4v) is 3.65. The number of carbonyl (C=O) groups is 1. The molecule has 5 aromatic rings. The van der Waals surface area contributed by atoms with Crippen molar-refractivity contribution in [1.82, 2.24) is 29.9 Å². The van der Waals surface area contributed by atoms with E-state index in [-0.39, 0.29) is 5.69 Å². The Morgan fingerprint density at radius 1 is 1.12 bits per heavy atom. The zero-order chi connectivity index (χ0) is 23.7. The summed E-state index contributed by atoms with van der Waals surface area (Å²) in [4.78, 5) is 19.6. The molecule has 3 aromatic heterocycles. The normalized spacial score (nSPS) is 11.4. The van der Waals surface area contributed by atoms with E-state index in [4.69, 9.17) is 0 Å². The second-order valence-electron chi connectivity index (χ2n) is 7.78. The molecular weight excluding hydrogens is 435 g/mol. The summed E-state index contributed by atoms with van der Waals surface area (Å²) < 4.78 is 15.8. The van der Waals surface area contributed by atoms with Gasteiger partial charge >= 0.3 is 0 Å². The van der Waals surface area contributed by atoms with Gasteiger partial charge in [0.1, 0.15) is 11.5 Å². The summed E-state index contributed by atoms with van der Waals surface area (Å²) in [5, 5.41) is 18.4. The van der Waals surface area contributed by atoms with Gasteiger partial charge < -0.3 is 15.6 Å². The van der Waals surface area contributed by atoms with Crippen LogP contribution in [-0.2, 0) is 7.05 Å². The molecule has 5 rings (SSSR count). The fourth-order valence-electron chi connectivity index (χ4n) is 3.65. The topological polar surface area (TPSA) is 116 Å². The van der Waals surface area contributed by atoms with Gasteiger partial charge in [-0.1, -0.05) is 0 Å². The van der Waals surface area contributed by atoms with E-state index in [1.807, 2.05) is 30.4 Å². The average Bonchev–Trinajstić information content (AvgIpc) is 3.54. The highest BCUT2D eigenvalue weighted by molar-refractivity contribution is 6.03. The molecule has 4 N–H and O–H groups in total. The molecular formula is C24H21FN8O. The Morgan fingerprint density at radius 2 is 1.94 bits per heavy atom. The molecule has 0 aliphatic rings. The number of benzene rings is 2. The van der Waals surface area contributed by atoms with E-state index in [0.29, 0.717) is 17.1 Å². The van der Waals surface area contributed by atoms with Crippen LogP contribution in [0.15, 0.2) is 55.0 Å². The van der Waals surface area contributed by atoms with Gasteiger partial charge in [-0.3, -0.25) is 14.6 Å². The maximum atomic E-state index is 14.4. The van der Waals surface area contributed by atoms with Crippen molar-refractivity contribution in [3.8, 4) is 0 Å². The molecule has 0 saturated heterocycles. The molecule has 0 aliphatic heterocycles. The minimum absolute atomic E-state index is 0.0719. The van der Waals surface area contributed by atoms with Crippen LogP contribution in [0.25, 0.3) is 23.1 Å². The molecule has 10 heteroatoms. The smallest absolute Gasteiger partial charge is 0.274 e. The Morgan fingerprint density at radius 3 is 2.71 bits per heavy atom. The van der Waals surface area contributed by atoms with E-state index in [0.717, 1.165) is 28.0 Å². The first kappa shape index (κ1) is 21.1. The van der Waals surface area contributed by atoms with Crippen LogP contribution in [0.4, 0.5) is 21.5 Å². The van der Waals surface area contributed by atoms with Crippen LogP contribution in [-0.4, -0.2) is 35.9 Å². The predicted molar refractivity (Wildman–Crippen MR) is 129 cm³/mol. The van der Waals surface area contributed by atoms with Gasteiger partial charge in [0.15, 0.2) is 0 Å². The number of nitrogens with zero attached hydrogens (tertiary/aromatic N) is 4. The fraction of sp³-hybridized carbons (Fsp3) is 0.0833. The largest absolute Gasteiger partial charge is 0.355 e. The highest BCUT2D eigenvalue weighted by Crippen LogP contribution is 2.27. The van der Waals surface area contributed by atoms with Gasteiger partial charge in [-0.25, -0.2) is 9.37 Å². The Bertz CT molecular complexity index is 1510. The van der Waals surface area contributed by atoms with E-state index in [1.54, 1.807) is 44.7 Å². The van der Waals surface area contributed by atoms with E-state index >= 15 is 0 Å². The number of rotatable bonds is 6. The van der Waals surface area contributed by atoms with Crippen molar-refractivity contribution in [3.05, 3.63) is 83.6 Å². The third-order valence-corrected chi connectivity index (χ3v) is 5.27. The van der Waals surface area contributed by atoms with Gasteiger partial charge in [-0.2, -0.15) is 10.2 Å². The second kappa shape index (κ2) is 8.66. The van der Waals surface area contributed by atoms with E-state index in [9.17, 15) is 9.18 Å². The molecule has 0 unspecified atom stereocenters. The Kier molecular flexibility index (Phi) is 5.38. The molecule has 0 saturated carbocycles. The number of aromatic amines is 2. The number of anilines is 3. The van der Waals surface area contributed by atoms with Gasteiger partial charge in [-0.05, 0) is 61.5 Å². The van der Waals surface area contributed by atoms with Crippen molar-refractivity contribution in [3.63, 3.8) is 0 Å². The van der Waals surface area contributed by atoms with Crippen LogP contribution in [0.5, 0.6) is 0 Å². The Hall–Kier alpha value is -4.73. The first-order chi connectivity index (χ1) is 16.5. The predicted octanol–water partition coefficient (Wildman–Crippen LogP) is 4.63. The molecule has 0 spiro atoms. The van der Waals surface area contributed by atoms with Crippen molar-refractivity contribution in [2.45, 2.75) is 6.92 Å². The lowest BCUT2D eigenvalue weighted by Crippen LogP contribution is -2.17. The summed E-state index contributed by atoms with van der Waals surface area (Å²) in [7, 11) is 1.67. The number of nitrogens with one attached hydrogen (secondary N) is 4. The molecule has 0 aliphatic carbocycles. The van der Waals surface area contributed by atoms with E-state index in [1.165, 1.54) is 10.7 Å². The summed E-state index contributed by atoms with van der Waals surface area (Å²) in [6, 6.07) is 11.9. The number of H-pyrrole nitrogens is 2. The first-order valence-corrected chi connectivity index (χ1v) is 10.5. The lowest BCUT2D eigenvalue weighted by molar-refractivity contribution is 0.101. The van der Waals surface area contributed by atoms with Gasteiger partial charge in [-0.15, -0.1) is 0 Å². The number of halogens is 1. The zero-order valence-electron chi connectivity index (χ0n) is 18.4. The number of hydrogen-bond donors (Lipinski definition) is 4. The van der Waals surface area contributed by atoms with Crippen molar-refractivity contribution in [2.75, 3.05) is 10.6 Å². The quantitative estimate of drug-likeness (QED) is 0.297. The molecule has 0 atom stereocenters. The molecule has 3 heterocycles. The van der Waals surface area contributed by atoms with Gasteiger partial charge in [0.2, 0.25) is 0 Å². The Balaban J connectivity index is 1.34. The van der Waals surface area contributed by atoms with Crippen molar-refractivity contribution in [1.29, 1.82) is 0 Å². The number of aromatic nitrogens is 6. The first-order valence-electron chi connectivity index (χ1n) is 10.5. The van der Waals surface area contributed by atoms with Crippen molar-refractivity contribution >= 4 is 46.0 Å². The maximum absolute atomic E-state index is 14.4. The van der Waals surface area contributed by atoms with E-state index in [2.05, 4.69) is 35.9 Å². The highest BCUT2D eigenvalue weighted by atomic mass is 19.1. The number of carbonyl (C=O) groups excluding carboxylic acids is 1. The summed E-state index contributed by atoms with van der Waals surface area (Å²) in [5.74, 6) is -0.968. The third-order valence-electron chi connectivity index (χ3n) is 5.27. The van der Waals surface area contributed by atoms with Crippen LogP contribution in [0, 0.1) is 12.7 Å². The number of fused-ring (bicyclic) bond motifs is 1. The van der Waals surface area contributed by atoms with Gasteiger partial charge in [0, 0.05) is 23.8 Å². The lowest BCUT2D eigenvalue weighted by atomic mass is 10.1. The molecule has 0 bridgehead atoms. The van der Waals surface area contributed by atoms with Crippen LogP contribution in [0.1, 0.15) is 27.6 Å². The molecule has 0 fully saturated rings. The van der Waals surface area contributed by atoms with Crippen molar-refractivity contribution in [2.24, 2.45) is 7.05 Å². The second-order valence-corrected chi connectivity index (χ2v) is 7.78. The highest BCUT2D eigenvalue weighted by Gasteiger charge is 2.15. The molecule has 2 aromatic carbocycles. The number of amides is 1. The maximum Gasteiger partial charge on any atom is 0.274 e. The SMILES string of the molecule is Cc1cc(C(=O)Nc2cc(Nc3ccc4c(/C=C/c5cnc[nH]5)n[nH]c4c3)ccc2F)n(C)n1. The Labute approximate surface area is 193 Å². The standard InChI is InChI=1S/C24H21FN8O/c1-14-9-23(33(2)32-14)24(34)29-22-11-16(4-7-19(22)25)28-15-3-6-18-20(30-31-21(18)10-15)8-5-17-12-26-13-27-17/h3-13,28H,1-2H3,(H,26,27)(H,29,34)(H,30,31)/b8-5+. The summed E-state index contributed by atoms with van der Waals surface area (Å²) in [6.45, 7) is 1.79. The summed E-state index contributed by atoms with van der Waals surface area (Å²) >= 11 is 0. The minimum Gasteiger partial charge on any atom is -0.355 e.